The van der Waals surface area contributed by atoms with Crippen molar-refractivity contribution in [2.45, 2.75) is 6.92 Å². The van der Waals surface area contributed by atoms with Crippen molar-refractivity contribution in [3.63, 3.8) is 0 Å². The molecule has 0 amide bonds. The highest BCUT2D eigenvalue weighted by atomic mass is 32.2. The highest BCUT2D eigenvalue weighted by Crippen LogP contribution is 1.48. The van der Waals surface area contributed by atoms with Crippen LogP contribution < -0.4 is 0 Å². The van der Waals surface area contributed by atoms with Crippen molar-refractivity contribution >= 4 is 32.4 Å². The van der Waals surface area contributed by atoms with Gasteiger partial charge < -0.3 is 5.11 Å². The lowest BCUT2D eigenvalue weighted by Gasteiger charge is -1.60. The fraction of sp³-hybridized carbons (Fsp3) is 1.00. The van der Waals surface area contributed by atoms with Crippen molar-refractivity contribution in [3.05, 3.63) is 0 Å². The lowest BCUT2D eigenvalue weighted by Crippen LogP contribution is -1.70. The Balaban J connectivity index is -0.0000000542. The second-order valence-corrected chi connectivity index (χ2v) is 6.99. The molecule has 0 aromatic carbocycles. The summed E-state index contributed by atoms with van der Waals surface area (Å²) in [6.45, 7) is 1.93. The maximum absolute atomic E-state index is 9.56. The van der Waals surface area contributed by atoms with Crippen LogP contribution in [0.5, 0.6) is 0 Å². The Hall–Kier alpha value is 0.410. The van der Waals surface area contributed by atoms with Gasteiger partial charge in [0.15, 0.2) is 0 Å². The third-order valence-electron chi connectivity index (χ3n) is 0. The van der Waals surface area contributed by atoms with E-state index in [1.54, 1.807) is 44.5 Å². The molecular formula is C8H24O4S3. The fourth-order valence-electron chi connectivity index (χ4n) is 0. The highest BCUT2D eigenvalue weighted by Gasteiger charge is 1.58. The second kappa shape index (κ2) is 23.9. The summed E-state index contributed by atoms with van der Waals surface area (Å²) in [5, 5.41) is 7.57. The summed E-state index contributed by atoms with van der Waals surface area (Å²) in [4.78, 5) is 0. The smallest absolute Gasteiger partial charge is 0.0402 e. The zero-order chi connectivity index (χ0) is 13.4. The van der Waals surface area contributed by atoms with Crippen molar-refractivity contribution in [1.82, 2.24) is 0 Å². The first-order chi connectivity index (χ1) is 6.61. The molecule has 0 aromatic heterocycles. The Morgan fingerprint density at radius 3 is 0.733 bits per heavy atom. The number of hydrogen-bond donors (Lipinski definition) is 1. The molecule has 0 aliphatic carbocycles. The summed E-state index contributed by atoms with van der Waals surface area (Å²) in [5.74, 6) is 0. The van der Waals surface area contributed by atoms with Crippen LogP contribution in [-0.4, -0.2) is 61.9 Å². The molecule has 98 valence electrons. The molecule has 0 unspecified atom stereocenters. The van der Waals surface area contributed by atoms with Crippen LogP contribution >= 0.6 is 0 Å². The molecule has 0 aromatic rings. The molecule has 7 heteroatoms. The molecule has 0 radical (unpaired) electrons. The average molecular weight is 280 g/mol. The zero-order valence-electron chi connectivity index (χ0n) is 10.6. The molecule has 4 nitrogen and oxygen atoms in total. The number of aliphatic hydroxyl groups excluding tert-OH is 1. The molecular weight excluding hydrogens is 256 g/mol. The lowest BCUT2D eigenvalue weighted by molar-refractivity contribution is 0.318. The monoisotopic (exact) mass is 280 g/mol. The summed E-state index contributed by atoms with van der Waals surface area (Å²) < 4.78 is 28.7. The van der Waals surface area contributed by atoms with Gasteiger partial charge in [0.1, 0.15) is 0 Å². The molecule has 0 atom stereocenters. The van der Waals surface area contributed by atoms with E-state index in [0.29, 0.717) is 0 Å². The summed E-state index contributed by atoms with van der Waals surface area (Å²) in [7, 11) is -1.83. The Bertz CT molecular complexity index is 131. The van der Waals surface area contributed by atoms with Crippen LogP contribution in [0.1, 0.15) is 6.92 Å². The molecule has 1 N–H and O–H groups in total. The standard InChI is InChI=1S/3C2H6OS.C2H6O/c3*1-4(2)3;1-2-3/h3*1-2H3;3H,2H2,1H3. The van der Waals surface area contributed by atoms with E-state index in [-0.39, 0.29) is 6.61 Å². The summed E-state index contributed by atoms with van der Waals surface area (Å²) in [6, 6.07) is 0. The van der Waals surface area contributed by atoms with Crippen LogP contribution in [0.25, 0.3) is 0 Å². The van der Waals surface area contributed by atoms with Crippen molar-refractivity contribution < 1.29 is 17.7 Å². The Labute approximate surface area is 101 Å². The van der Waals surface area contributed by atoms with Gasteiger partial charge in [0, 0.05) is 76.5 Å². The van der Waals surface area contributed by atoms with Gasteiger partial charge >= 0.3 is 0 Å². The predicted octanol–water partition coefficient (Wildman–Crippen LogP) is -0.0173. The van der Waals surface area contributed by atoms with Gasteiger partial charge in [0.05, 0.1) is 0 Å². The number of rotatable bonds is 0. The third kappa shape index (κ3) is 13200. The summed E-state index contributed by atoms with van der Waals surface area (Å²) >= 11 is 0. The lowest BCUT2D eigenvalue weighted by atomic mass is 10.9. The topological polar surface area (TPSA) is 71.4 Å². The van der Waals surface area contributed by atoms with Crippen molar-refractivity contribution in [2.24, 2.45) is 0 Å². The molecule has 0 fully saturated rings. The molecule has 0 heterocycles. The molecule has 0 saturated heterocycles. The molecule has 0 bridgehead atoms. The van der Waals surface area contributed by atoms with Gasteiger partial charge in [-0.2, -0.15) is 0 Å². The van der Waals surface area contributed by atoms with Crippen LogP contribution in [0.15, 0.2) is 0 Å². The SMILES string of the molecule is CCO.CS(C)=O.CS(C)=O.CS(C)=O. The summed E-state index contributed by atoms with van der Waals surface area (Å²) in [6.07, 6.45) is 9.83. The molecule has 0 spiro atoms. The van der Waals surface area contributed by atoms with Crippen LogP contribution in [0.4, 0.5) is 0 Å². The van der Waals surface area contributed by atoms with E-state index in [1.165, 1.54) is 0 Å². The van der Waals surface area contributed by atoms with Crippen molar-refractivity contribution in [2.75, 3.05) is 44.1 Å². The molecule has 0 rings (SSSR count). The average Bonchev–Trinajstić information content (AvgIpc) is 1.81. The Morgan fingerprint density at radius 1 is 0.733 bits per heavy atom. The van der Waals surface area contributed by atoms with Gasteiger partial charge in [-0.3, -0.25) is 12.6 Å². The minimum atomic E-state index is -0.611. The maximum atomic E-state index is 9.56. The van der Waals surface area contributed by atoms with Crippen LogP contribution in [0.3, 0.4) is 0 Å². The first-order valence-corrected chi connectivity index (χ1v) is 9.87. The minimum absolute atomic E-state index is 0.250. The van der Waals surface area contributed by atoms with Gasteiger partial charge in [-0.1, -0.05) is 0 Å². The van der Waals surface area contributed by atoms with Gasteiger partial charge in [-0.05, 0) is 6.92 Å². The van der Waals surface area contributed by atoms with Crippen molar-refractivity contribution in [1.29, 1.82) is 0 Å². The Morgan fingerprint density at radius 2 is 0.733 bits per heavy atom. The van der Waals surface area contributed by atoms with E-state index in [1.807, 2.05) is 0 Å². The number of hydrogen-bond acceptors (Lipinski definition) is 4. The Kier molecular flexibility index (Phi) is 39.2. The zero-order valence-corrected chi connectivity index (χ0v) is 13.1. The van der Waals surface area contributed by atoms with E-state index in [4.69, 9.17) is 5.11 Å². The minimum Gasteiger partial charge on any atom is -0.397 e. The molecule has 0 aliphatic rings. The molecule has 0 aliphatic heterocycles. The quantitative estimate of drug-likeness (QED) is 0.677. The van der Waals surface area contributed by atoms with Crippen molar-refractivity contribution in [3.8, 4) is 0 Å². The maximum Gasteiger partial charge on any atom is 0.0402 e. The van der Waals surface area contributed by atoms with Crippen LogP contribution in [-0.2, 0) is 32.4 Å². The van der Waals surface area contributed by atoms with Gasteiger partial charge in [-0.25, -0.2) is 0 Å². The van der Waals surface area contributed by atoms with Gasteiger partial charge in [0.25, 0.3) is 0 Å². The van der Waals surface area contributed by atoms with E-state index < -0.39 is 32.4 Å². The normalized spacial score (nSPS) is 8.20. The first kappa shape index (κ1) is 24.6. The molecule has 0 saturated carbocycles. The first-order valence-electron chi connectivity index (χ1n) is 3.97. The second-order valence-electron chi connectivity index (χ2n) is 2.54. The summed E-state index contributed by atoms with van der Waals surface area (Å²) in [5.41, 5.74) is 0. The van der Waals surface area contributed by atoms with Gasteiger partial charge in [0.2, 0.25) is 0 Å². The highest BCUT2D eigenvalue weighted by molar-refractivity contribution is 7.83. The predicted molar refractivity (Wildman–Crippen MR) is 72.7 cm³/mol. The van der Waals surface area contributed by atoms with Crippen LogP contribution in [0, 0.1) is 0 Å². The fourth-order valence-corrected chi connectivity index (χ4v) is 0. The third-order valence-corrected chi connectivity index (χ3v) is 0. The molecule has 15 heavy (non-hydrogen) atoms. The van der Waals surface area contributed by atoms with E-state index >= 15 is 0 Å². The number of aliphatic hydroxyl groups is 1. The van der Waals surface area contributed by atoms with E-state index in [2.05, 4.69) is 0 Å². The van der Waals surface area contributed by atoms with E-state index in [0.717, 1.165) is 0 Å². The van der Waals surface area contributed by atoms with Gasteiger partial charge in [-0.15, -0.1) is 0 Å². The largest absolute Gasteiger partial charge is 0.397 e. The van der Waals surface area contributed by atoms with E-state index in [9.17, 15) is 12.6 Å². The van der Waals surface area contributed by atoms with Crippen LogP contribution in [0.2, 0.25) is 0 Å².